The van der Waals surface area contributed by atoms with Crippen molar-refractivity contribution >= 4 is 41.6 Å². The molecule has 1 aliphatic heterocycles. The second kappa shape index (κ2) is 8.60. The third-order valence-corrected chi connectivity index (χ3v) is 3.65. The topological polar surface area (TPSA) is 74.7 Å². The molecule has 0 aliphatic carbocycles. The lowest BCUT2D eigenvalue weighted by molar-refractivity contribution is 0.0696. The van der Waals surface area contributed by atoms with Gasteiger partial charge in [-0.25, -0.2) is 9.78 Å². The van der Waals surface area contributed by atoms with Crippen LogP contribution in [0.4, 0.5) is 0 Å². The first-order chi connectivity index (χ1) is 9.59. The number of nitrogens with zero attached hydrogens (tertiary/aromatic N) is 2. The maximum atomic E-state index is 11.0. The van der Waals surface area contributed by atoms with Crippen LogP contribution in [0, 0.1) is 0 Å². The van der Waals surface area contributed by atoms with E-state index in [1.807, 2.05) is 0 Å². The molecule has 0 unspecified atom stereocenters. The average molecular weight is 357 g/mol. The predicted octanol–water partition coefficient (Wildman–Crippen LogP) is 1.79. The first-order valence-corrected chi connectivity index (χ1v) is 6.98. The number of carbonyl (C=O) groups is 1. The van der Waals surface area contributed by atoms with E-state index in [9.17, 15) is 4.79 Å². The minimum atomic E-state index is -1.20. The Labute approximate surface area is 138 Å². The molecule has 0 aromatic carbocycles. The monoisotopic (exact) mass is 355 g/mol. The number of pyridine rings is 1. The maximum absolute atomic E-state index is 11.0. The molecule has 0 saturated carbocycles. The Morgan fingerprint density at radius 3 is 2.71 bits per heavy atom. The van der Waals surface area contributed by atoms with Crippen LogP contribution < -0.4 is 10.1 Å². The summed E-state index contributed by atoms with van der Waals surface area (Å²) in [4.78, 5) is 17.2. The van der Waals surface area contributed by atoms with Crippen molar-refractivity contribution < 1.29 is 14.6 Å². The quantitative estimate of drug-likeness (QED) is 0.838. The van der Waals surface area contributed by atoms with Crippen molar-refractivity contribution in [3.05, 3.63) is 21.8 Å². The number of piperazine rings is 1. The highest BCUT2D eigenvalue weighted by Gasteiger charge is 2.19. The minimum Gasteiger partial charge on any atom is -0.478 e. The van der Waals surface area contributed by atoms with Gasteiger partial charge in [0, 0.05) is 32.7 Å². The number of halogens is 3. The molecule has 2 heterocycles. The minimum absolute atomic E-state index is 0. The van der Waals surface area contributed by atoms with Gasteiger partial charge in [-0.1, -0.05) is 23.2 Å². The summed E-state index contributed by atoms with van der Waals surface area (Å²) in [6, 6.07) is 0. The molecule has 0 radical (unpaired) electrons. The molecule has 118 valence electrons. The molecule has 1 aliphatic rings. The molecule has 1 fully saturated rings. The van der Waals surface area contributed by atoms with E-state index in [0.29, 0.717) is 6.61 Å². The van der Waals surface area contributed by atoms with Crippen LogP contribution in [-0.2, 0) is 0 Å². The van der Waals surface area contributed by atoms with E-state index in [-0.39, 0.29) is 33.9 Å². The number of aromatic nitrogens is 1. The molecule has 1 aromatic heterocycles. The van der Waals surface area contributed by atoms with Crippen molar-refractivity contribution in [3.63, 3.8) is 0 Å². The van der Waals surface area contributed by atoms with Crippen molar-refractivity contribution in [2.75, 3.05) is 39.3 Å². The number of carboxylic acid groups (broad SMARTS) is 1. The van der Waals surface area contributed by atoms with Crippen molar-refractivity contribution in [1.29, 1.82) is 0 Å². The molecule has 0 bridgehead atoms. The van der Waals surface area contributed by atoms with Crippen molar-refractivity contribution in [1.82, 2.24) is 15.2 Å². The van der Waals surface area contributed by atoms with E-state index < -0.39 is 5.97 Å². The Balaban J connectivity index is 0.00000220. The molecule has 1 saturated heterocycles. The van der Waals surface area contributed by atoms with Crippen LogP contribution in [0.5, 0.6) is 5.88 Å². The molecule has 2 rings (SSSR count). The summed E-state index contributed by atoms with van der Waals surface area (Å²) >= 11 is 11.7. The third kappa shape index (κ3) is 4.86. The number of nitrogens with one attached hydrogen (secondary N) is 1. The van der Waals surface area contributed by atoms with Gasteiger partial charge in [-0.2, -0.15) is 0 Å². The molecule has 6 nitrogen and oxygen atoms in total. The van der Waals surface area contributed by atoms with Crippen LogP contribution in [-0.4, -0.2) is 60.3 Å². The molecular formula is C12H16Cl3N3O3. The maximum Gasteiger partial charge on any atom is 0.339 e. The first kappa shape index (κ1) is 18.3. The van der Waals surface area contributed by atoms with Gasteiger partial charge >= 0.3 is 5.97 Å². The van der Waals surface area contributed by atoms with Gasteiger partial charge in [0.2, 0.25) is 5.88 Å². The van der Waals surface area contributed by atoms with Gasteiger partial charge in [-0.15, -0.1) is 12.4 Å². The van der Waals surface area contributed by atoms with Crippen LogP contribution in [0.3, 0.4) is 0 Å². The molecule has 2 N–H and O–H groups in total. The Hall–Kier alpha value is -0.790. The fourth-order valence-electron chi connectivity index (χ4n) is 1.95. The fraction of sp³-hybridized carbons (Fsp3) is 0.500. The lowest BCUT2D eigenvalue weighted by Crippen LogP contribution is -2.44. The zero-order chi connectivity index (χ0) is 14.5. The van der Waals surface area contributed by atoms with Gasteiger partial charge in [0.05, 0.1) is 11.2 Å². The smallest absolute Gasteiger partial charge is 0.339 e. The molecule has 0 spiro atoms. The molecule has 9 heteroatoms. The van der Waals surface area contributed by atoms with Crippen LogP contribution >= 0.6 is 35.6 Å². The van der Waals surface area contributed by atoms with Crippen LogP contribution in [0.2, 0.25) is 10.0 Å². The van der Waals surface area contributed by atoms with Gasteiger partial charge < -0.3 is 15.2 Å². The molecular weight excluding hydrogens is 341 g/mol. The Morgan fingerprint density at radius 1 is 1.43 bits per heavy atom. The Kier molecular flexibility index (Phi) is 7.48. The van der Waals surface area contributed by atoms with Gasteiger partial charge in [-0.3, -0.25) is 4.90 Å². The lowest BCUT2D eigenvalue weighted by atomic mass is 10.2. The van der Waals surface area contributed by atoms with E-state index in [1.165, 1.54) is 6.20 Å². The van der Waals surface area contributed by atoms with E-state index in [4.69, 9.17) is 33.0 Å². The predicted molar refractivity (Wildman–Crippen MR) is 83.3 cm³/mol. The van der Waals surface area contributed by atoms with Gasteiger partial charge in [0.1, 0.15) is 17.2 Å². The molecule has 0 amide bonds. The number of aromatic carboxylic acids is 1. The average Bonchev–Trinajstić information content (AvgIpc) is 2.42. The largest absolute Gasteiger partial charge is 0.478 e. The van der Waals surface area contributed by atoms with E-state index in [2.05, 4.69) is 15.2 Å². The van der Waals surface area contributed by atoms with E-state index >= 15 is 0 Å². The SMILES string of the molecule is Cl.O=C(O)c1c(Cl)cnc(OCCN2CCNCC2)c1Cl. The summed E-state index contributed by atoms with van der Waals surface area (Å²) in [7, 11) is 0. The first-order valence-electron chi connectivity index (χ1n) is 6.22. The lowest BCUT2D eigenvalue weighted by Gasteiger charge is -2.26. The van der Waals surface area contributed by atoms with Crippen molar-refractivity contribution in [3.8, 4) is 5.88 Å². The van der Waals surface area contributed by atoms with Gasteiger partial charge in [0.25, 0.3) is 0 Å². The number of ether oxygens (including phenoxy) is 1. The summed E-state index contributed by atoms with van der Waals surface area (Å²) < 4.78 is 5.46. The highest BCUT2D eigenvalue weighted by atomic mass is 35.5. The van der Waals surface area contributed by atoms with Crippen molar-refractivity contribution in [2.24, 2.45) is 0 Å². The van der Waals surface area contributed by atoms with Crippen LogP contribution in [0.1, 0.15) is 10.4 Å². The fourth-order valence-corrected chi connectivity index (χ4v) is 2.51. The second-order valence-electron chi connectivity index (χ2n) is 4.35. The van der Waals surface area contributed by atoms with Crippen LogP contribution in [0.25, 0.3) is 0 Å². The normalized spacial score (nSPS) is 15.3. The Bertz CT molecular complexity index is 496. The third-order valence-electron chi connectivity index (χ3n) is 3.01. The standard InChI is InChI=1S/C12H15Cl2N3O3.ClH/c13-8-7-16-11(10(14)9(8)12(18)19)20-6-5-17-3-1-15-2-4-17;/h7,15H,1-6H2,(H,18,19);1H. The summed E-state index contributed by atoms with van der Waals surface area (Å²) in [5.41, 5.74) is -0.180. The number of hydrogen-bond donors (Lipinski definition) is 2. The van der Waals surface area contributed by atoms with Crippen LogP contribution in [0.15, 0.2) is 6.20 Å². The van der Waals surface area contributed by atoms with E-state index in [1.54, 1.807) is 0 Å². The highest BCUT2D eigenvalue weighted by Crippen LogP contribution is 2.31. The summed E-state index contributed by atoms with van der Waals surface area (Å²) in [6.07, 6.45) is 1.23. The van der Waals surface area contributed by atoms with Gasteiger partial charge in [-0.05, 0) is 0 Å². The number of rotatable bonds is 5. The van der Waals surface area contributed by atoms with Gasteiger partial charge in [0.15, 0.2) is 0 Å². The number of hydrogen-bond acceptors (Lipinski definition) is 5. The Morgan fingerprint density at radius 2 is 2.10 bits per heavy atom. The zero-order valence-corrected chi connectivity index (χ0v) is 13.5. The van der Waals surface area contributed by atoms with Crippen molar-refractivity contribution in [2.45, 2.75) is 0 Å². The summed E-state index contributed by atoms with van der Waals surface area (Å²) in [5, 5.41) is 12.2. The summed E-state index contributed by atoms with van der Waals surface area (Å²) in [5.74, 6) is -1.10. The molecule has 21 heavy (non-hydrogen) atoms. The number of carboxylic acids is 1. The molecule has 1 aromatic rings. The molecule has 0 atom stereocenters. The highest BCUT2D eigenvalue weighted by molar-refractivity contribution is 6.39. The summed E-state index contributed by atoms with van der Waals surface area (Å²) in [6.45, 7) is 4.99. The zero-order valence-electron chi connectivity index (χ0n) is 11.1. The second-order valence-corrected chi connectivity index (χ2v) is 5.13. The van der Waals surface area contributed by atoms with E-state index in [0.717, 1.165) is 32.7 Å².